The number of hydrogen-bond acceptors (Lipinski definition) is 9. The largest absolute Gasteiger partial charge is 0.368 e. The zero-order valence-corrected chi connectivity index (χ0v) is 28.7. The molecule has 2 aromatic heterocycles. The van der Waals surface area contributed by atoms with Crippen LogP contribution in [0.2, 0.25) is 0 Å². The van der Waals surface area contributed by atoms with Gasteiger partial charge < -0.3 is 10.1 Å². The molecule has 2 heterocycles. The van der Waals surface area contributed by atoms with E-state index >= 15 is 0 Å². The predicted molar refractivity (Wildman–Crippen MR) is 185 cm³/mol. The van der Waals surface area contributed by atoms with Crippen molar-refractivity contribution in [1.82, 2.24) is 14.5 Å². The second kappa shape index (κ2) is 14.6. The smallest absolute Gasteiger partial charge is 0.333 e. The average molecular weight is 648 g/mol. The number of thiophene rings is 1. The summed E-state index contributed by atoms with van der Waals surface area (Å²) in [7, 11) is 0. The molecule has 0 bridgehead atoms. The van der Waals surface area contributed by atoms with E-state index in [4.69, 9.17) is 4.74 Å². The van der Waals surface area contributed by atoms with E-state index in [1.54, 1.807) is 38.5 Å². The van der Waals surface area contributed by atoms with Crippen molar-refractivity contribution in [2.75, 3.05) is 5.12 Å². The number of nitriles is 1. The molecule has 1 atom stereocenters. The quantitative estimate of drug-likeness (QED) is 0.200. The molecule has 246 valence electrons. The van der Waals surface area contributed by atoms with Crippen LogP contribution in [0.25, 0.3) is 10.2 Å². The summed E-state index contributed by atoms with van der Waals surface area (Å²) in [6.45, 7) is 16.2. The van der Waals surface area contributed by atoms with E-state index in [1.807, 2.05) is 32.0 Å². The van der Waals surface area contributed by atoms with Crippen molar-refractivity contribution in [3.63, 3.8) is 0 Å². The van der Waals surface area contributed by atoms with Crippen LogP contribution in [0, 0.1) is 24.2 Å². The van der Waals surface area contributed by atoms with Gasteiger partial charge in [-0.05, 0) is 84.8 Å². The van der Waals surface area contributed by atoms with Gasteiger partial charge in [-0.2, -0.15) is 15.5 Å². The van der Waals surface area contributed by atoms with E-state index in [0.717, 1.165) is 47.8 Å². The molecule has 46 heavy (non-hydrogen) atoms. The summed E-state index contributed by atoms with van der Waals surface area (Å²) in [6, 6.07) is 10.2. The molecule has 3 aromatic rings. The molecule has 1 saturated carbocycles. The van der Waals surface area contributed by atoms with E-state index in [9.17, 15) is 19.6 Å². The van der Waals surface area contributed by atoms with Gasteiger partial charge in [-0.15, -0.1) is 5.12 Å². The van der Waals surface area contributed by atoms with Crippen LogP contribution in [-0.4, -0.2) is 40.1 Å². The summed E-state index contributed by atoms with van der Waals surface area (Å²) < 4.78 is 9.46. The number of carbonyl (C=O) groups excluding carboxylic acids is 1. The molecule has 1 aromatic carbocycles. The molecule has 0 spiro atoms. The fourth-order valence-electron chi connectivity index (χ4n) is 6.09. The Bertz CT molecular complexity index is 1770. The maximum Gasteiger partial charge on any atom is 0.333 e. The molecule has 1 amide bonds. The molecule has 1 N–H and O–H groups in total. The highest BCUT2D eigenvalue weighted by atomic mass is 32.1. The zero-order valence-electron chi connectivity index (χ0n) is 27.9. The molecule has 0 aliphatic heterocycles. The normalized spacial score (nSPS) is 17.7. The molecule has 1 aliphatic rings. The summed E-state index contributed by atoms with van der Waals surface area (Å²) in [6.07, 6.45) is 4.70. The summed E-state index contributed by atoms with van der Waals surface area (Å²) in [5.74, 6) is -0.421. The van der Waals surface area contributed by atoms with Crippen LogP contribution < -0.4 is 21.7 Å². The van der Waals surface area contributed by atoms with E-state index in [1.165, 1.54) is 16.5 Å². The lowest BCUT2D eigenvalue weighted by Crippen LogP contribution is -2.56. The van der Waals surface area contributed by atoms with Crippen molar-refractivity contribution < 1.29 is 9.53 Å². The van der Waals surface area contributed by atoms with Gasteiger partial charge in [0.1, 0.15) is 21.5 Å². The van der Waals surface area contributed by atoms with E-state index < -0.39 is 28.8 Å². The Morgan fingerprint density at radius 3 is 2.52 bits per heavy atom. The molecule has 1 fully saturated rings. The summed E-state index contributed by atoms with van der Waals surface area (Å²) in [5.41, 5.74) is -0.0519. The number of aryl methyl sites for hydroxylation is 2. The lowest BCUT2D eigenvalue weighted by atomic mass is 9.88. The van der Waals surface area contributed by atoms with Crippen LogP contribution in [0.1, 0.15) is 90.0 Å². The predicted octanol–water partition coefficient (Wildman–Crippen LogP) is 5.62. The Labute approximate surface area is 274 Å². The topological polar surface area (TPSA) is 134 Å². The third-order valence-corrected chi connectivity index (χ3v) is 9.89. The minimum atomic E-state index is -1.51. The fourth-order valence-corrected chi connectivity index (χ4v) is 7.32. The highest BCUT2D eigenvalue weighted by Gasteiger charge is 2.37. The SMILES string of the molecule is C=NN(/N=C\C)c1sc2c(c1C)c(=O)n(C(C)(C)C(=O)NC(C)C)c(=O)n2C[C@H](O[C@H]1CC[C@@H](C#N)CC1)c1ccccc1CC. The first kappa shape index (κ1) is 34.8. The number of nitrogens with one attached hydrogen (secondary N) is 1. The maximum absolute atomic E-state index is 14.6. The van der Waals surface area contributed by atoms with Gasteiger partial charge in [0.05, 0.1) is 24.1 Å². The third-order valence-electron chi connectivity index (χ3n) is 8.61. The summed E-state index contributed by atoms with van der Waals surface area (Å²) in [4.78, 5) is 42.8. The standard InChI is InChI=1S/C34H45N7O4S/c1-9-24-13-11-12-14-26(24)27(45-25-17-15-23(19-35)16-18-25)20-39-31-28(22(5)30(46-31)41(36-8)37-10-2)29(42)40(33(39)44)34(6,7)32(43)38-21(3)4/h10-14,21,23,25,27H,8-9,15-18,20H2,1-7H3,(H,38,43)/b37-10-/t23-,25+,27-/m0/s1. The van der Waals surface area contributed by atoms with Gasteiger partial charge in [0.2, 0.25) is 5.91 Å². The Balaban J connectivity index is 1.99. The molecule has 0 saturated heterocycles. The van der Waals surface area contributed by atoms with Gasteiger partial charge in [-0.3, -0.25) is 14.2 Å². The minimum absolute atomic E-state index is 0.0194. The van der Waals surface area contributed by atoms with E-state index in [0.29, 0.717) is 20.8 Å². The molecule has 12 heteroatoms. The number of amides is 1. The average Bonchev–Trinajstić information content (AvgIpc) is 3.37. The first-order valence-electron chi connectivity index (χ1n) is 15.9. The van der Waals surface area contributed by atoms with Gasteiger partial charge in [-0.1, -0.05) is 42.5 Å². The summed E-state index contributed by atoms with van der Waals surface area (Å²) >= 11 is 1.22. The number of hydrogen-bond donors (Lipinski definition) is 1. The molecular formula is C34H45N7O4S. The maximum atomic E-state index is 14.6. The Morgan fingerprint density at radius 1 is 1.26 bits per heavy atom. The van der Waals surface area contributed by atoms with Crippen LogP contribution in [-0.2, 0) is 28.0 Å². The number of hydrazone groups is 2. The van der Waals surface area contributed by atoms with Gasteiger partial charge >= 0.3 is 5.69 Å². The first-order valence-corrected chi connectivity index (χ1v) is 16.7. The second-order valence-electron chi connectivity index (χ2n) is 12.5. The lowest BCUT2D eigenvalue weighted by molar-refractivity contribution is -0.129. The molecule has 11 nitrogen and oxygen atoms in total. The van der Waals surface area contributed by atoms with Crippen molar-refractivity contribution in [1.29, 1.82) is 5.26 Å². The fraction of sp³-hybridized carbons (Fsp3) is 0.529. The van der Waals surface area contributed by atoms with Crippen LogP contribution in [0.15, 0.2) is 44.1 Å². The van der Waals surface area contributed by atoms with Gasteiger partial charge in [0.15, 0.2) is 0 Å². The van der Waals surface area contributed by atoms with E-state index in [2.05, 4.69) is 41.3 Å². The van der Waals surface area contributed by atoms with Gasteiger partial charge in [0, 0.05) is 30.5 Å². The lowest BCUT2D eigenvalue weighted by Gasteiger charge is -2.32. The molecule has 0 radical (unpaired) electrons. The highest BCUT2D eigenvalue weighted by Crippen LogP contribution is 2.38. The second-order valence-corrected chi connectivity index (χ2v) is 13.5. The Kier molecular flexibility index (Phi) is 11.0. The van der Waals surface area contributed by atoms with Crippen molar-refractivity contribution in [3.05, 3.63) is 61.8 Å². The Hall–Kier alpha value is -4.08. The number of anilines is 1. The van der Waals surface area contributed by atoms with Crippen molar-refractivity contribution in [2.24, 2.45) is 16.1 Å². The van der Waals surface area contributed by atoms with Crippen molar-refractivity contribution >= 4 is 45.4 Å². The molecule has 1 aliphatic carbocycles. The van der Waals surface area contributed by atoms with Crippen LogP contribution in [0.3, 0.4) is 0 Å². The third kappa shape index (κ3) is 6.86. The number of nitrogens with zero attached hydrogens (tertiary/aromatic N) is 6. The Morgan fingerprint density at radius 2 is 1.93 bits per heavy atom. The number of aromatic nitrogens is 2. The number of carbonyl (C=O) groups is 1. The van der Waals surface area contributed by atoms with Crippen molar-refractivity contribution in [2.45, 2.75) is 111 Å². The highest BCUT2D eigenvalue weighted by molar-refractivity contribution is 7.22. The van der Waals surface area contributed by atoms with Crippen LogP contribution in [0.4, 0.5) is 5.00 Å². The molecular weight excluding hydrogens is 602 g/mol. The van der Waals surface area contributed by atoms with Gasteiger partial charge in [0.25, 0.3) is 5.56 Å². The van der Waals surface area contributed by atoms with Crippen LogP contribution in [0.5, 0.6) is 0 Å². The summed E-state index contributed by atoms with van der Waals surface area (Å²) in [5, 5.41) is 22.8. The number of ether oxygens (including phenoxy) is 1. The first-order chi connectivity index (χ1) is 21.9. The monoisotopic (exact) mass is 647 g/mol. The van der Waals surface area contributed by atoms with Gasteiger partial charge in [-0.25, -0.2) is 9.36 Å². The minimum Gasteiger partial charge on any atom is -0.368 e. The number of benzene rings is 1. The molecule has 4 rings (SSSR count). The zero-order chi connectivity index (χ0) is 33.8. The van der Waals surface area contributed by atoms with E-state index in [-0.39, 0.29) is 24.6 Å². The van der Waals surface area contributed by atoms with Crippen LogP contribution >= 0.6 is 11.3 Å². The van der Waals surface area contributed by atoms with Crippen molar-refractivity contribution in [3.8, 4) is 6.07 Å². The molecule has 0 unspecified atom stereocenters. The number of rotatable bonds is 12. The number of fused-ring (bicyclic) bond motifs is 1.